The minimum atomic E-state index is -4.43. The van der Waals surface area contributed by atoms with Gasteiger partial charge in [-0.2, -0.15) is 13.2 Å². The first-order valence-corrected chi connectivity index (χ1v) is 9.37. The minimum Gasteiger partial charge on any atom is -0.495 e. The Balaban J connectivity index is 1.76. The first kappa shape index (κ1) is 20.3. The van der Waals surface area contributed by atoms with Crippen LogP contribution in [-0.4, -0.2) is 46.2 Å². The number of halogens is 4. The van der Waals surface area contributed by atoms with Crippen LogP contribution < -0.4 is 14.8 Å². The number of benzene rings is 1. The summed E-state index contributed by atoms with van der Waals surface area (Å²) < 4.78 is 48.9. The zero-order chi connectivity index (χ0) is 21.5. The van der Waals surface area contributed by atoms with Crippen molar-refractivity contribution in [2.24, 2.45) is 0 Å². The molecule has 0 spiro atoms. The molecule has 7 nitrogen and oxygen atoms in total. The van der Waals surface area contributed by atoms with Crippen LogP contribution in [0.1, 0.15) is 18.7 Å². The van der Waals surface area contributed by atoms with Crippen LogP contribution in [0.3, 0.4) is 0 Å². The smallest absolute Gasteiger partial charge is 0.422 e. The molecule has 4 rings (SSSR count). The molecule has 158 valence electrons. The average Bonchev–Trinajstić information content (AvgIpc) is 3.10. The third-order valence-corrected chi connectivity index (χ3v) is 4.91. The number of anilines is 1. The highest BCUT2D eigenvalue weighted by Crippen LogP contribution is 2.39. The van der Waals surface area contributed by atoms with Gasteiger partial charge in [0.1, 0.15) is 11.6 Å². The lowest BCUT2D eigenvalue weighted by Gasteiger charge is -2.15. The van der Waals surface area contributed by atoms with E-state index in [0.29, 0.717) is 28.7 Å². The van der Waals surface area contributed by atoms with Crippen LogP contribution in [0.2, 0.25) is 5.02 Å². The number of hydrogen-bond acceptors (Lipinski definition) is 6. The van der Waals surface area contributed by atoms with Crippen molar-refractivity contribution in [2.75, 3.05) is 25.6 Å². The number of fused-ring (bicyclic) bond motifs is 3. The van der Waals surface area contributed by atoms with E-state index in [0.717, 1.165) is 17.2 Å². The van der Waals surface area contributed by atoms with Gasteiger partial charge in [-0.3, -0.25) is 4.57 Å². The second kappa shape index (κ2) is 7.67. The summed E-state index contributed by atoms with van der Waals surface area (Å²) in [6, 6.07) is 6.51. The molecule has 1 aliphatic heterocycles. The molecule has 1 atom stereocenters. The monoisotopic (exact) mass is 439 g/mol. The normalized spacial score (nSPS) is 15.6. The molecule has 0 amide bonds. The van der Waals surface area contributed by atoms with Crippen molar-refractivity contribution in [1.29, 1.82) is 0 Å². The molecule has 0 saturated carbocycles. The van der Waals surface area contributed by atoms with Gasteiger partial charge in [-0.15, -0.1) is 10.2 Å². The molecule has 0 saturated heterocycles. The maximum Gasteiger partial charge on any atom is 0.422 e. The van der Waals surface area contributed by atoms with E-state index in [1.54, 1.807) is 18.2 Å². The number of alkyl halides is 3. The van der Waals surface area contributed by atoms with Crippen LogP contribution in [0.15, 0.2) is 30.5 Å². The lowest BCUT2D eigenvalue weighted by molar-refractivity contribution is -0.154. The number of hydrogen-bond donors (Lipinski definition) is 1. The van der Waals surface area contributed by atoms with Gasteiger partial charge in [0.05, 0.1) is 23.5 Å². The van der Waals surface area contributed by atoms with Crippen molar-refractivity contribution in [3.8, 4) is 28.7 Å². The van der Waals surface area contributed by atoms with Gasteiger partial charge >= 0.3 is 6.18 Å². The Labute approximate surface area is 174 Å². The number of methoxy groups -OCH3 is 1. The van der Waals surface area contributed by atoms with Crippen LogP contribution in [0, 0.1) is 0 Å². The first-order chi connectivity index (χ1) is 14.3. The van der Waals surface area contributed by atoms with Gasteiger partial charge in [0, 0.05) is 36.4 Å². The quantitative estimate of drug-likeness (QED) is 0.647. The van der Waals surface area contributed by atoms with Gasteiger partial charge in [-0.25, -0.2) is 4.98 Å². The van der Waals surface area contributed by atoms with Crippen molar-refractivity contribution < 1.29 is 22.6 Å². The molecule has 11 heteroatoms. The Bertz CT molecular complexity index is 1070. The SMILES string of the molecule is COc1cc2c(cc1Cl)NC[C@@H](C)c1nnc(-c3ccc(OCC(F)(F)F)nc3)n1-2. The predicted octanol–water partition coefficient (Wildman–Crippen LogP) is 4.46. The highest BCUT2D eigenvalue weighted by atomic mass is 35.5. The van der Waals surface area contributed by atoms with E-state index in [2.05, 4.69) is 25.2 Å². The van der Waals surface area contributed by atoms with E-state index in [1.165, 1.54) is 19.4 Å². The van der Waals surface area contributed by atoms with Gasteiger partial charge in [0.25, 0.3) is 0 Å². The highest BCUT2D eigenvalue weighted by Gasteiger charge is 2.29. The molecule has 2 aromatic heterocycles. The molecule has 1 aromatic carbocycles. The van der Waals surface area contributed by atoms with Crippen LogP contribution in [0.5, 0.6) is 11.6 Å². The summed E-state index contributed by atoms with van der Waals surface area (Å²) in [5, 5.41) is 12.4. The lowest BCUT2D eigenvalue weighted by atomic mass is 10.1. The van der Waals surface area contributed by atoms with E-state index in [4.69, 9.17) is 16.3 Å². The zero-order valence-electron chi connectivity index (χ0n) is 16.0. The summed E-state index contributed by atoms with van der Waals surface area (Å²) in [7, 11) is 1.53. The summed E-state index contributed by atoms with van der Waals surface area (Å²) >= 11 is 6.28. The van der Waals surface area contributed by atoms with Gasteiger partial charge in [-0.1, -0.05) is 18.5 Å². The summed E-state index contributed by atoms with van der Waals surface area (Å²) in [5.41, 5.74) is 2.10. The molecule has 0 unspecified atom stereocenters. The van der Waals surface area contributed by atoms with Crippen LogP contribution in [-0.2, 0) is 0 Å². The number of pyridine rings is 1. The minimum absolute atomic E-state index is 0.0331. The maximum absolute atomic E-state index is 12.3. The Morgan fingerprint density at radius 2 is 2.07 bits per heavy atom. The molecule has 1 aliphatic rings. The summed E-state index contributed by atoms with van der Waals surface area (Å²) in [5.74, 6) is 1.60. The average molecular weight is 440 g/mol. The van der Waals surface area contributed by atoms with E-state index < -0.39 is 12.8 Å². The number of ether oxygens (including phenoxy) is 2. The molecular weight excluding hydrogens is 423 g/mol. The number of nitrogens with one attached hydrogen (secondary N) is 1. The predicted molar refractivity (Wildman–Crippen MR) is 105 cm³/mol. The maximum atomic E-state index is 12.3. The van der Waals surface area contributed by atoms with Gasteiger partial charge < -0.3 is 14.8 Å². The summed E-state index contributed by atoms with van der Waals surface area (Å²) in [6.07, 6.45) is -3.03. The third-order valence-electron chi connectivity index (χ3n) is 4.62. The van der Waals surface area contributed by atoms with Crippen LogP contribution in [0.25, 0.3) is 17.1 Å². The van der Waals surface area contributed by atoms with E-state index in [1.807, 2.05) is 11.5 Å². The molecule has 0 aliphatic carbocycles. The summed E-state index contributed by atoms with van der Waals surface area (Å²) in [4.78, 5) is 3.97. The second-order valence-corrected chi connectivity index (χ2v) is 7.20. The first-order valence-electron chi connectivity index (χ1n) is 9.00. The number of rotatable bonds is 4. The summed E-state index contributed by atoms with van der Waals surface area (Å²) in [6.45, 7) is 1.22. The fraction of sp³-hybridized carbons (Fsp3) is 0.316. The van der Waals surface area contributed by atoms with Crippen molar-refractivity contribution in [3.05, 3.63) is 41.3 Å². The lowest BCUT2D eigenvalue weighted by Crippen LogP contribution is -2.19. The third kappa shape index (κ3) is 3.87. The highest BCUT2D eigenvalue weighted by molar-refractivity contribution is 6.32. The fourth-order valence-corrected chi connectivity index (χ4v) is 3.41. The van der Waals surface area contributed by atoms with Gasteiger partial charge in [-0.05, 0) is 12.1 Å². The number of nitrogens with zero attached hydrogens (tertiary/aromatic N) is 4. The number of aromatic nitrogens is 4. The Morgan fingerprint density at radius 1 is 1.27 bits per heavy atom. The zero-order valence-corrected chi connectivity index (χ0v) is 16.8. The van der Waals surface area contributed by atoms with Crippen molar-refractivity contribution >= 4 is 17.3 Å². The van der Waals surface area contributed by atoms with Crippen molar-refractivity contribution in [3.63, 3.8) is 0 Å². The van der Waals surface area contributed by atoms with E-state index in [9.17, 15) is 13.2 Å². The van der Waals surface area contributed by atoms with Crippen molar-refractivity contribution in [1.82, 2.24) is 19.7 Å². The topological polar surface area (TPSA) is 74.1 Å². The molecule has 0 bridgehead atoms. The standard InChI is InChI=1S/C19H17ClF3N5O2/c1-10-7-24-13-5-12(20)15(29-2)6-14(13)28-17(10)26-27-18(28)11-3-4-16(25-8-11)30-9-19(21,22)23/h3-6,8,10,24H,7,9H2,1-2H3/t10-/m1/s1. The molecule has 0 radical (unpaired) electrons. The van der Waals surface area contributed by atoms with E-state index in [-0.39, 0.29) is 11.8 Å². The Morgan fingerprint density at radius 3 is 2.73 bits per heavy atom. The molecule has 0 fully saturated rings. The van der Waals surface area contributed by atoms with E-state index >= 15 is 0 Å². The Hall–Kier alpha value is -3.01. The van der Waals surface area contributed by atoms with Crippen LogP contribution in [0.4, 0.5) is 18.9 Å². The molecule has 30 heavy (non-hydrogen) atoms. The molecule has 3 heterocycles. The molecule has 1 N–H and O–H groups in total. The molecular formula is C19H17ClF3N5O2. The van der Waals surface area contributed by atoms with Gasteiger partial charge in [0.2, 0.25) is 5.88 Å². The Kier molecular flexibility index (Phi) is 5.19. The van der Waals surface area contributed by atoms with Gasteiger partial charge in [0.15, 0.2) is 12.4 Å². The van der Waals surface area contributed by atoms with Crippen molar-refractivity contribution in [2.45, 2.75) is 19.0 Å². The molecule has 3 aromatic rings. The largest absolute Gasteiger partial charge is 0.495 e. The second-order valence-electron chi connectivity index (χ2n) is 6.79. The fourth-order valence-electron chi connectivity index (χ4n) is 3.17. The van der Waals surface area contributed by atoms with Crippen LogP contribution >= 0.6 is 11.6 Å².